The maximum Gasteiger partial charge on any atom is 0.308 e. The molecule has 0 radical (unpaired) electrons. The second-order valence-electron chi connectivity index (χ2n) is 5.53. The number of benzene rings is 1. The van der Waals surface area contributed by atoms with Gasteiger partial charge in [0.25, 0.3) is 5.91 Å². The fourth-order valence-electron chi connectivity index (χ4n) is 2.76. The van der Waals surface area contributed by atoms with Crippen molar-refractivity contribution in [1.29, 1.82) is 0 Å². The molecular formula is C15H16N4O3. The van der Waals surface area contributed by atoms with Gasteiger partial charge in [-0.1, -0.05) is 18.2 Å². The van der Waals surface area contributed by atoms with Crippen LogP contribution < -0.4 is 0 Å². The highest BCUT2D eigenvalue weighted by Crippen LogP contribution is 2.25. The molecule has 1 N–H and O–H groups in total. The summed E-state index contributed by atoms with van der Waals surface area (Å²) in [6.07, 6.45) is 3.26. The second kappa shape index (κ2) is 5.59. The first kappa shape index (κ1) is 14.2. The van der Waals surface area contributed by atoms with Crippen molar-refractivity contribution < 1.29 is 14.7 Å². The van der Waals surface area contributed by atoms with E-state index in [1.807, 2.05) is 13.0 Å². The zero-order chi connectivity index (χ0) is 15.7. The Morgan fingerprint density at radius 3 is 2.77 bits per heavy atom. The summed E-state index contributed by atoms with van der Waals surface area (Å²) in [5.74, 6) is -1.54. The Balaban J connectivity index is 1.81. The highest BCUT2D eigenvalue weighted by molar-refractivity contribution is 5.95. The van der Waals surface area contributed by atoms with Crippen molar-refractivity contribution in [2.24, 2.45) is 11.8 Å². The highest BCUT2D eigenvalue weighted by Gasteiger charge is 2.37. The predicted octanol–water partition coefficient (Wildman–Crippen LogP) is 1.06. The molecule has 1 aliphatic rings. The van der Waals surface area contributed by atoms with Crippen LogP contribution in [0.4, 0.5) is 0 Å². The molecule has 2 aromatic rings. The summed E-state index contributed by atoms with van der Waals surface area (Å²) in [6.45, 7) is 2.57. The largest absolute Gasteiger partial charge is 0.481 e. The van der Waals surface area contributed by atoms with E-state index in [1.54, 1.807) is 40.2 Å². The van der Waals surface area contributed by atoms with E-state index in [0.29, 0.717) is 12.1 Å². The topological polar surface area (TPSA) is 88.3 Å². The molecule has 0 unspecified atom stereocenters. The van der Waals surface area contributed by atoms with Crippen molar-refractivity contribution >= 4 is 11.9 Å². The first-order valence-corrected chi connectivity index (χ1v) is 7.05. The Hall–Kier alpha value is -2.70. The van der Waals surface area contributed by atoms with Gasteiger partial charge in [-0.2, -0.15) is 0 Å². The molecule has 7 heteroatoms. The van der Waals surface area contributed by atoms with Crippen molar-refractivity contribution in [3.05, 3.63) is 42.2 Å². The number of amides is 1. The normalized spacial score (nSPS) is 21.0. The lowest BCUT2D eigenvalue weighted by molar-refractivity contribution is -0.142. The molecule has 7 nitrogen and oxygen atoms in total. The summed E-state index contributed by atoms with van der Waals surface area (Å²) in [5, 5.41) is 16.8. The molecule has 2 heterocycles. The monoisotopic (exact) mass is 300 g/mol. The number of carboxylic acids is 1. The molecular weight excluding hydrogens is 284 g/mol. The van der Waals surface area contributed by atoms with Gasteiger partial charge >= 0.3 is 5.97 Å². The SMILES string of the molecule is C[C@@H]1CN(C(=O)c2cccc(-n3ccnn3)c2)C[C@H]1C(=O)O. The number of carboxylic acid groups (broad SMARTS) is 1. The van der Waals surface area contributed by atoms with Crippen LogP contribution in [0, 0.1) is 11.8 Å². The van der Waals surface area contributed by atoms with Crippen LogP contribution >= 0.6 is 0 Å². The van der Waals surface area contributed by atoms with Gasteiger partial charge in [-0.3, -0.25) is 9.59 Å². The molecule has 0 spiro atoms. The molecule has 2 atom stereocenters. The molecule has 1 amide bonds. The number of likely N-dealkylation sites (tertiary alicyclic amines) is 1. The minimum Gasteiger partial charge on any atom is -0.481 e. The number of nitrogens with zero attached hydrogens (tertiary/aromatic N) is 4. The van der Waals surface area contributed by atoms with Crippen molar-refractivity contribution in [3.8, 4) is 5.69 Å². The maximum absolute atomic E-state index is 12.6. The van der Waals surface area contributed by atoms with E-state index >= 15 is 0 Å². The summed E-state index contributed by atoms with van der Waals surface area (Å²) in [5.41, 5.74) is 1.26. The van der Waals surface area contributed by atoms with Gasteiger partial charge in [0, 0.05) is 18.7 Å². The van der Waals surface area contributed by atoms with Crippen LogP contribution in [0.2, 0.25) is 0 Å². The summed E-state index contributed by atoms with van der Waals surface area (Å²) in [6, 6.07) is 7.06. The average molecular weight is 300 g/mol. The average Bonchev–Trinajstić information content (AvgIpc) is 3.16. The van der Waals surface area contributed by atoms with E-state index in [0.717, 1.165) is 5.69 Å². The molecule has 1 fully saturated rings. The third-order valence-electron chi connectivity index (χ3n) is 4.00. The van der Waals surface area contributed by atoms with E-state index in [-0.39, 0.29) is 18.4 Å². The van der Waals surface area contributed by atoms with Gasteiger partial charge < -0.3 is 10.0 Å². The predicted molar refractivity (Wildman–Crippen MR) is 77.6 cm³/mol. The van der Waals surface area contributed by atoms with Gasteiger partial charge in [-0.05, 0) is 24.1 Å². The standard InChI is InChI=1S/C15H16N4O3/c1-10-8-18(9-13(10)15(21)22)14(20)11-3-2-4-12(7-11)19-6-5-16-17-19/h2-7,10,13H,8-9H2,1H3,(H,21,22)/t10-,13-/m1/s1. The summed E-state index contributed by atoms with van der Waals surface area (Å²) in [4.78, 5) is 25.3. The maximum atomic E-state index is 12.6. The first-order chi connectivity index (χ1) is 10.6. The molecule has 3 rings (SSSR count). The van der Waals surface area contributed by atoms with E-state index < -0.39 is 11.9 Å². The molecule has 22 heavy (non-hydrogen) atoms. The number of hydrogen-bond acceptors (Lipinski definition) is 4. The van der Waals surface area contributed by atoms with E-state index in [9.17, 15) is 9.59 Å². The zero-order valence-corrected chi connectivity index (χ0v) is 12.1. The number of carbonyl (C=O) groups excluding carboxylic acids is 1. The molecule has 1 aromatic carbocycles. The molecule has 0 saturated carbocycles. The third-order valence-corrected chi connectivity index (χ3v) is 4.00. The number of carbonyl (C=O) groups is 2. The van der Waals surface area contributed by atoms with E-state index in [2.05, 4.69) is 10.3 Å². The van der Waals surface area contributed by atoms with Crippen LogP contribution in [0.25, 0.3) is 5.69 Å². The smallest absolute Gasteiger partial charge is 0.308 e. The molecule has 1 aromatic heterocycles. The van der Waals surface area contributed by atoms with Crippen LogP contribution in [-0.4, -0.2) is 50.0 Å². The fraction of sp³-hybridized carbons (Fsp3) is 0.333. The van der Waals surface area contributed by atoms with Crippen LogP contribution in [0.5, 0.6) is 0 Å². The Morgan fingerprint density at radius 2 is 2.14 bits per heavy atom. The summed E-state index contributed by atoms with van der Waals surface area (Å²) in [7, 11) is 0. The van der Waals surface area contributed by atoms with Crippen molar-refractivity contribution in [1.82, 2.24) is 19.9 Å². The lowest BCUT2D eigenvalue weighted by atomic mass is 9.99. The van der Waals surface area contributed by atoms with Crippen LogP contribution in [0.15, 0.2) is 36.7 Å². The number of aliphatic carboxylic acids is 1. The zero-order valence-electron chi connectivity index (χ0n) is 12.1. The second-order valence-corrected chi connectivity index (χ2v) is 5.53. The lowest BCUT2D eigenvalue weighted by Crippen LogP contribution is -2.30. The lowest BCUT2D eigenvalue weighted by Gasteiger charge is -2.16. The Morgan fingerprint density at radius 1 is 1.32 bits per heavy atom. The van der Waals surface area contributed by atoms with Gasteiger partial charge in [0.2, 0.25) is 0 Å². The Kier molecular flexibility index (Phi) is 3.62. The fourth-order valence-corrected chi connectivity index (χ4v) is 2.76. The Bertz CT molecular complexity index is 699. The van der Waals surface area contributed by atoms with E-state index in [1.165, 1.54) is 0 Å². The van der Waals surface area contributed by atoms with Gasteiger partial charge in [0.15, 0.2) is 0 Å². The number of hydrogen-bond donors (Lipinski definition) is 1. The van der Waals surface area contributed by atoms with Gasteiger partial charge in [0.1, 0.15) is 0 Å². The van der Waals surface area contributed by atoms with Gasteiger partial charge in [-0.25, -0.2) is 4.68 Å². The number of aromatic nitrogens is 3. The van der Waals surface area contributed by atoms with Gasteiger partial charge in [-0.15, -0.1) is 5.10 Å². The van der Waals surface area contributed by atoms with Crippen molar-refractivity contribution in [2.45, 2.75) is 6.92 Å². The van der Waals surface area contributed by atoms with Gasteiger partial charge in [0.05, 0.1) is 24.0 Å². The van der Waals surface area contributed by atoms with Crippen molar-refractivity contribution in [3.63, 3.8) is 0 Å². The van der Waals surface area contributed by atoms with Crippen LogP contribution in [-0.2, 0) is 4.79 Å². The summed E-state index contributed by atoms with van der Waals surface area (Å²) < 4.78 is 1.57. The van der Waals surface area contributed by atoms with Crippen LogP contribution in [0.3, 0.4) is 0 Å². The molecule has 0 aliphatic carbocycles. The summed E-state index contributed by atoms with van der Waals surface area (Å²) >= 11 is 0. The Labute approximate surface area is 127 Å². The number of rotatable bonds is 3. The quantitative estimate of drug-likeness (QED) is 0.915. The molecule has 1 saturated heterocycles. The minimum absolute atomic E-state index is 0.0417. The van der Waals surface area contributed by atoms with E-state index in [4.69, 9.17) is 5.11 Å². The molecule has 0 bridgehead atoms. The molecule has 114 valence electrons. The van der Waals surface area contributed by atoms with Crippen LogP contribution in [0.1, 0.15) is 17.3 Å². The first-order valence-electron chi connectivity index (χ1n) is 7.05. The molecule has 1 aliphatic heterocycles. The van der Waals surface area contributed by atoms with Crippen molar-refractivity contribution in [2.75, 3.05) is 13.1 Å². The highest BCUT2D eigenvalue weighted by atomic mass is 16.4. The minimum atomic E-state index is -0.848. The third kappa shape index (κ3) is 2.57.